The van der Waals surface area contributed by atoms with Gasteiger partial charge in [-0.15, -0.1) is 0 Å². The molecule has 0 spiro atoms. The Kier molecular flexibility index (Phi) is 2.14. The van der Waals surface area contributed by atoms with E-state index < -0.39 is 0 Å². The van der Waals surface area contributed by atoms with Crippen molar-refractivity contribution in [1.82, 2.24) is 0 Å². The summed E-state index contributed by atoms with van der Waals surface area (Å²) in [5.74, 6) is 0. The number of allylic oxidation sites excluding steroid dienone is 1. The molecule has 0 aromatic heterocycles. The van der Waals surface area contributed by atoms with E-state index in [2.05, 4.69) is 63.9 Å². The van der Waals surface area contributed by atoms with Gasteiger partial charge in [-0.2, -0.15) is 0 Å². The third-order valence-corrected chi connectivity index (χ3v) is 3.37. The molecule has 2 rings (SSSR count). The number of hydrogen-bond acceptors (Lipinski definition) is 1. The van der Waals surface area contributed by atoms with Gasteiger partial charge in [-0.3, -0.25) is 0 Å². The molecule has 0 fully saturated rings. The average molecular weight is 201 g/mol. The second-order valence-electron chi connectivity index (χ2n) is 5.06. The smallest absolute Gasteiger partial charge is 0.0531 e. The molecule has 1 aliphatic rings. The van der Waals surface area contributed by atoms with E-state index in [1.54, 1.807) is 0 Å². The number of rotatable bonds is 0. The predicted molar refractivity (Wildman–Crippen MR) is 67.3 cm³/mol. The van der Waals surface area contributed by atoms with E-state index in [0.717, 1.165) is 0 Å². The van der Waals surface area contributed by atoms with Gasteiger partial charge in [0.2, 0.25) is 0 Å². The van der Waals surface area contributed by atoms with Gasteiger partial charge in [-0.1, -0.05) is 18.2 Å². The molecule has 15 heavy (non-hydrogen) atoms. The van der Waals surface area contributed by atoms with Crippen LogP contribution < -0.4 is 4.90 Å². The van der Waals surface area contributed by atoms with Gasteiger partial charge in [0.15, 0.2) is 0 Å². The summed E-state index contributed by atoms with van der Waals surface area (Å²) in [6.45, 7) is 8.85. The van der Waals surface area contributed by atoms with Crippen molar-refractivity contribution in [2.45, 2.75) is 33.2 Å². The largest absolute Gasteiger partial charge is 0.365 e. The van der Waals surface area contributed by atoms with E-state index in [0.29, 0.717) is 0 Å². The maximum atomic E-state index is 2.35. The molecule has 1 aromatic rings. The van der Waals surface area contributed by atoms with Gasteiger partial charge in [0, 0.05) is 18.3 Å². The first kappa shape index (κ1) is 10.3. The van der Waals surface area contributed by atoms with Gasteiger partial charge in [-0.05, 0) is 44.9 Å². The number of hydrogen-bond donors (Lipinski definition) is 0. The molecule has 0 radical (unpaired) electrons. The summed E-state index contributed by atoms with van der Waals surface area (Å²) in [5, 5.41) is 0. The number of nitrogens with zero attached hydrogens (tertiary/aromatic N) is 1. The second-order valence-corrected chi connectivity index (χ2v) is 5.06. The van der Waals surface area contributed by atoms with Crippen LogP contribution in [0.25, 0.3) is 5.57 Å². The molecule has 0 amide bonds. The average Bonchev–Trinajstić information content (AvgIpc) is 2.13. The molecular weight excluding hydrogens is 182 g/mol. The Labute approximate surface area is 92.4 Å². The molecular formula is C14H19N. The van der Waals surface area contributed by atoms with Gasteiger partial charge >= 0.3 is 0 Å². The lowest BCUT2D eigenvalue weighted by atomic mass is 9.89. The van der Waals surface area contributed by atoms with Crippen LogP contribution in [0.2, 0.25) is 0 Å². The van der Waals surface area contributed by atoms with Gasteiger partial charge < -0.3 is 4.90 Å². The fraction of sp³-hybridized carbons (Fsp3) is 0.429. The number of benzene rings is 1. The highest BCUT2D eigenvalue weighted by atomic mass is 15.2. The molecule has 1 heteroatoms. The quantitative estimate of drug-likeness (QED) is 0.619. The number of fused-ring (bicyclic) bond motifs is 1. The van der Waals surface area contributed by atoms with Gasteiger partial charge in [0.05, 0.1) is 5.54 Å². The molecule has 0 aliphatic carbocycles. The maximum absolute atomic E-state index is 2.35. The van der Waals surface area contributed by atoms with Crippen LogP contribution in [0, 0.1) is 6.92 Å². The first-order valence-corrected chi connectivity index (χ1v) is 5.46. The summed E-state index contributed by atoms with van der Waals surface area (Å²) in [6.07, 6.45) is 2.34. The Morgan fingerprint density at radius 2 is 1.80 bits per heavy atom. The van der Waals surface area contributed by atoms with Crippen LogP contribution in [0.4, 0.5) is 5.69 Å². The summed E-state index contributed by atoms with van der Waals surface area (Å²) < 4.78 is 0. The minimum atomic E-state index is 0.116. The normalized spacial score (nSPS) is 18.5. The molecule has 1 aliphatic heterocycles. The van der Waals surface area contributed by atoms with Crippen molar-refractivity contribution in [2.75, 3.05) is 11.9 Å². The zero-order valence-corrected chi connectivity index (χ0v) is 10.3. The molecule has 0 atom stereocenters. The van der Waals surface area contributed by atoms with Gasteiger partial charge in [0.1, 0.15) is 0 Å². The van der Waals surface area contributed by atoms with Crippen molar-refractivity contribution in [2.24, 2.45) is 0 Å². The van der Waals surface area contributed by atoms with Crippen molar-refractivity contribution in [3.63, 3.8) is 0 Å². The summed E-state index contributed by atoms with van der Waals surface area (Å²) >= 11 is 0. The Morgan fingerprint density at radius 1 is 1.13 bits per heavy atom. The van der Waals surface area contributed by atoms with Crippen LogP contribution in [-0.2, 0) is 0 Å². The second kappa shape index (κ2) is 3.13. The summed E-state index contributed by atoms with van der Waals surface area (Å²) in [5.41, 5.74) is 5.53. The van der Waals surface area contributed by atoms with Crippen LogP contribution in [0.15, 0.2) is 24.3 Å². The van der Waals surface area contributed by atoms with Crippen molar-refractivity contribution in [3.8, 4) is 0 Å². The van der Waals surface area contributed by atoms with Crippen molar-refractivity contribution >= 4 is 11.3 Å². The molecule has 0 N–H and O–H groups in total. The molecule has 0 saturated heterocycles. The molecule has 80 valence electrons. The van der Waals surface area contributed by atoms with Gasteiger partial charge in [-0.25, -0.2) is 0 Å². The minimum Gasteiger partial charge on any atom is -0.365 e. The molecule has 0 bridgehead atoms. The molecule has 1 nitrogen and oxygen atoms in total. The minimum absolute atomic E-state index is 0.116. The van der Waals surface area contributed by atoms with Crippen LogP contribution in [0.3, 0.4) is 0 Å². The third-order valence-electron chi connectivity index (χ3n) is 3.37. The van der Waals surface area contributed by atoms with Crippen LogP contribution >= 0.6 is 0 Å². The zero-order chi connectivity index (χ0) is 11.2. The standard InChI is InChI=1S/C14H19N/c1-10-6-7-12-11(2)9-14(3,4)15(5)13(12)8-10/h6-9H,1-5H3. The maximum Gasteiger partial charge on any atom is 0.0531 e. The van der Waals surface area contributed by atoms with E-state index >= 15 is 0 Å². The van der Waals surface area contributed by atoms with Crippen LogP contribution in [0.5, 0.6) is 0 Å². The molecule has 1 heterocycles. The first-order valence-electron chi connectivity index (χ1n) is 5.46. The van der Waals surface area contributed by atoms with Crippen molar-refractivity contribution in [3.05, 3.63) is 35.4 Å². The highest BCUT2D eigenvalue weighted by molar-refractivity contribution is 5.81. The SMILES string of the molecule is CC1=CC(C)(C)N(C)c2cc(C)ccc21. The van der Waals surface area contributed by atoms with Crippen molar-refractivity contribution in [1.29, 1.82) is 0 Å². The number of aryl methyl sites for hydroxylation is 1. The van der Waals surface area contributed by atoms with E-state index in [1.807, 2.05) is 0 Å². The monoisotopic (exact) mass is 201 g/mol. The molecule has 1 aromatic carbocycles. The summed E-state index contributed by atoms with van der Waals surface area (Å²) in [6, 6.07) is 6.68. The predicted octanol–water partition coefficient (Wildman–Crippen LogP) is 3.63. The number of likely N-dealkylation sites (N-methyl/N-ethyl adjacent to an activating group) is 1. The molecule has 0 saturated carbocycles. The lowest BCUT2D eigenvalue weighted by Crippen LogP contribution is -2.42. The van der Waals surface area contributed by atoms with Crippen LogP contribution in [-0.4, -0.2) is 12.6 Å². The van der Waals surface area contributed by atoms with E-state index in [9.17, 15) is 0 Å². The fourth-order valence-corrected chi connectivity index (χ4v) is 2.27. The molecule has 0 unspecified atom stereocenters. The van der Waals surface area contributed by atoms with Crippen molar-refractivity contribution < 1.29 is 0 Å². The Bertz CT molecular complexity index is 427. The summed E-state index contributed by atoms with van der Waals surface area (Å²) in [7, 11) is 2.17. The van der Waals surface area contributed by atoms with Gasteiger partial charge in [0.25, 0.3) is 0 Å². The zero-order valence-electron chi connectivity index (χ0n) is 10.3. The fourth-order valence-electron chi connectivity index (χ4n) is 2.27. The first-order chi connectivity index (χ1) is 6.92. The lowest BCUT2D eigenvalue weighted by Gasteiger charge is -2.40. The highest BCUT2D eigenvalue weighted by Gasteiger charge is 2.27. The lowest BCUT2D eigenvalue weighted by molar-refractivity contribution is 0.597. The van der Waals surface area contributed by atoms with E-state index in [4.69, 9.17) is 0 Å². The Hall–Kier alpha value is -1.24. The van der Waals surface area contributed by atoms with E-state index in [1.165, 1.54) is 22.4 Å². The third kappa shape index (κ3) is 1.56. The van der Waals surface area contributed by atoms with Crippen LogP contribution in [0.1, 0.15) is 31.9 Å². The Balaban J connectivity index is 2.65. The van der Waals surface area contributed by atoms with E-state index in [-0.39, 0.29) is 5.54 Å². The Morgan fingerprint density at radius 3 is 2.47 bits per heavy atom. The highest BCUT2D eigenvalue weighted by Crippen LogP contribution is 2.37. The topological polar surface area (TPSA) is 3.24 Å². The number of anilines is 1. The summed E-state index contributed by atoms with van der Waals surface area (Å²) in [4.78, 5) is 2.35.